The van der Waals surface area contributed by atoms with Crippen LogP contribution in [0, 0.1) is 6.92 Å². The van der Waals surface area contributed by atoms with Gasteiger partial charge in [0.05, 0.1) is 5.56 Å². The van der Waals surface area contributed by atoms with Crippen LogP contribution in [0.25, 0.3) is 0 Å². The van der Waals surface area contributed by atoms with E-state index in [4.69, 9.17) is 4.74 Å². The molecule has 2 aromatic rings. The normalized spacial score (nSPS) is 12.8. The first-order valence-electron chi connectivity index (χ1n) is 9.00. The highest BCUT2D eigenvalue weighted by Crippen LogP contribution is 2.38. The number of anilines is 2. The second-order valence-corrected chi connectivity index (χ2v) is 8.70. The van der Waals surface area contributed by atoms with Crippen molar-refractivity contribution in [2.75, 3.05) is 17.2 Å². The SMILES string of the molecule is CC(=O)Nc1sc2c(c1C(=O)OCC(=O)Nc1ccc(Br)cc1C)CCCC2. The summed E-state index contributed by atoms with van der Waals surface area (Å²) in [5.41, 5.74) is 2.89. The number of rotatable bonds is 5. The van der Waals surface area contributed by atoms with Gasteiger partial charge in [-0.25, -0.2) is 4.79 Å². The van der Waals surface area contributed by atoms with Crippen molar-refractivity contribution in [3.8, 4) is 0 Å². The zero-order valence-electron chi connectivity index (χ0n) is 15.7. The Morgan fingerprint density at radius 1 is 1.18 bits per heavy atom. The van der Waals surface area contributed by atoms with Gasteiger partial charge in [0, 0.05) is 22.0 Å². The summed E-state index contributed by atoms with van der Waals surface area (Å²) in [6.07, 6.45) is 3.73. The molecule has 1 heterocycles. The van der Waals surface area contributed by atoms with Gasteiger partial charge in [0.25, 0.3) is 5.91 Å². The molecule has 0 saturated heterocycles. The molecule has 0 saturated carbocycles. The standard InChI is InChI=1S/C20H21BrN2O4S/c1-11-9-13(21)7-8-15(11)23-17(25)10-27-20(26)18-14-5-3-4-6-16(14)28-19(18)22-12(2)24/h7-9H,3-6,10H2,1-2H3,(H,22,24)(H,23,25). The van der Waals surface area contributed by atoms with E-state index in [2.05, 4.69) is 26.6 Å². The maximum atomic E-state index is 12.7. The molecule has 0 radical (unpaired) electrons. The van der Waals surface area contributed by atoms with E-state index < -0.39 is 18.5 Å². The summed E-state index contributed by atoms with van der Waals surface area (Å²) in [7, 11) is 0. The average molecular weight is 465 g/mol. The predicted molar refractivity (Wildman–Crippen MR) is 113 cm³/mol. The van der Waals surface area contributed by atoms with Gasteiger partial charge in [-0.1, -0.05) is 15.9 Å². The minimum Gasteiger partial charge on any atom is -0.452 e. The van der Waals surface area contributed by atoms with Crippen molar-refractivity contribution < 1.29 is 19.1 Å². The molecule has 0 aliphatic heterocycles. The molecule has 8 heteroatoms. The number of hydrogen-bond acceptors (Lipinski definition) is 5. The zero-order chi connectivity index (χ0) is 20.3. The molecular weight excluding hydrogens is 444 g/mol. The molecular formula is C20H21BrN2O4S. The number of thiophene rings is 1. The molecule has 1 aromatic heterocycles. The minimum atomic E-state index is -0.578. The van der Waals surface area contributed by atoms with Crippen molar-refractivity contribution in [3.63, 3.8) is 0 Å². The number of nitrogens with one attached hydrogen (secondary N) is 2. The van der Waals surface area contributed by atoms with Crippen LogP contribution in [0.2, 0.25) is 0 Å². The Kier molecular flexibility index (Phi) is 6.51. The number of carbonyl (C=O) groups is 3. The number of benzene rings is 1. The molecule has 0 bridgehead atoms. The monoisotopic (exact) mass is 464 g/mol. The first kappa shape index (κ1) is 20.5. The van der Waals surface area contributed by atoms with E-state index in [-0.39, 0.29) is 5.91 Å². The van der Waals surface area contributed by atoms with Crippen LogP contribution in [0.4, 0.5) is 10.7 Å². The highest BCUT2D eigenvalue weighted by atomic mass is 79.9. The second-order valence-electron chi connectivity index (χ2n) is 6.68. The Morgan fingerprint density at radius 2 is 1.93 bits per heavy atom. The van der Waals surface area contributed by atoms with Crippen molar-refractivity contribution in [1.82, 2.24) is 0 Å². The maximum absolute atomic E-state index is 12.7. The molecule has 148 valence electrons. The van der Waals surface area contributed by atoms with Crippen molar-refractivity contribution in [3.05, 3.63) is 44.2 Å². The molecule has 3 rings (SSSR count). The number of fused-ring (bicyclic) bond motifs is 1. The van der Waals surface area contributed by atoms with E-state index in [0.717, 1.165) is 46.2 Å². The van der Waals surface area contributed by atoms with Crippen molar-refractivity contribution in [2.24, 2.45) is 0 Å². The molecule has 28 heavy (non-hydrogen) atoms. The lowest BCUT2D eigenvalue weighted by molar-refractivity contribution is -0.119. The van der Waals surface area contributed by atoms with Crippen molar-refractivity contribution in [2.45, 2.75) is 39.5 Å². The summed E-state index contributed by atoms with van der Waals surface area (Å²) in [4.78, 5) is 37.5. The van der Waals surface area contributed by atoms with E-state index >= 15 is 0 Å². The van der Waals surface area contributed by atoms with E-state index in [1.807, 2.05) is 19.1 Å². The fourth-order valence-electron chi connectivity index (χ4n) is 3.19. The van der Waals surface area contributed by atoms with Crippen LogP contribution < -0.4 is 10.6 Å². The van der Waals surface area contributed by atoms with Gasteiger partial charge in [-0.2, -0.15) is 0 Å². The molecule has 1 aliphatic rings. The number of hydrogen-bond donors (Lipinski definition) is 2. The topological polar surface area (TPSA) is 84.5 Å². The Labute approximate surface area is 175 Å². The second kappa shape index (κ2) is 8.87. The van der Waals surface area contributed by atoms with Crippen LogP contribution >= 0.6 is 27.3 Å². The molecule has 0 fully saturated rings. The molecule has 6 nitrogen and oxygen atoms in total. The van der Waals surface area contributed by atoms with E-state index in [1.54, 1.807) is 6.07 Å². The van der Waals surface area contributed by atoms with Gasteiger partial charge in [0.1, 0.15) is 5.00 Å². The van der Waals surface area contributed by atoms with Crippen LogP contribution in [-0.2, 0) is 27.2 Å². The number of esters is 1. The first-order valence-corrected chi connectivity index (χ1v) is 10.6. The van der Waals surface area contributed by atoms with Crippen LogP contribution in [0.3, 0.4) is 0 Å². The van der Waals surface area contributed by atoms with E-state index in [9.17, 15) is 14.4 Å². The molecule has 2 N–H and O–H groups in total. The zero-order valence-corrected chi connectivity index (χ0v) is 18.1. The Balaban J connectivity index is 1.69. The fraction of sp³-hybridized carbons (Fsp3) is 0.350. The van der Waals surface area contributed by atoms with Gasteiger partial charge >= 0.3 is 5.97 Å². The third-order valence-corrected chi connectivity index (χ3v) is 6.16. The lowest BCUT2D eigenvalue weighted by Crippen LogP contribution is -2.22. The van der Waals surface area contributed by atoms with Crippen LogP contribution in [0.5, 0.6) is 0 Å². The average Bonchev–Trinajstić information content (AvgIpc) is 2.99. The van der Waals surface area contributed by atoms with Gasteiger partial charge in [-0.05, 0) is 61.9 Å². The lowest BCUT2D eigenvalue weighted by atomic mass is 9.95. The van der Waals surface area contributed by atoms with Crippen molar-refractivity contribution in [1.29, 1.82) is 0 Å². The molecule has 0 unspecified atom stereocenters. The minimum absolute atomic E-state index is 0.240. The van der Waals surface area contributed by atoms with Gasteiger partial charge in [0.2, 0.25) is 5.91 Å². The quantitative estimate of drug-likeness (QED) is 0.639. The molecule has 0 spiro atoms. The summed E-state index contributed by atoms with van der Waals surface area (Å²) in [6.45, 7) is 2.89. The number of halogens is 1. The maximum Gasteiger partial charge on any atom is 0.341 e. The largest absolute Gasteiger partial charge is 0.452 e. The van der Waals surface area contributed by atoms with E-state index in [1.165, 1.54) is 18.3 Å². The van der Waals surface area contributed by atoms with Crippen LogP contribution in [0.15, 0.2) is 22.7 Å². The van der Waals surface area contributed by atoms with Gasteiger partial charge < -0.3 is 15.4 Å². The number of carbonyl (C=O) groups excluding carboxylic acids is 3. The summed E-state index contributed by atoms with van der Waals surface area (Å²) in [5, 5.41) is 5.98. The molecule has 1 aliphatic carbocycles. The van der Waals surface area contributed by atoms with Crippen molar-refractivity contribution >= 4 is 55.7 Å². The summed E-state index contributed by atoms with van der Waals surface area (Å²) >= 11 is 4.80. The lowest BCUT2D eigenvalue weighted by Gasteiger charge is -2.13. The van der Waals surface area contributed by atoms with Gasteiger partial charge in [-0.3, -0.25) is 9.59 Å². The van der Waals surface area contributed by atoms with Crippen LogP contribution in [0.1, 0.15) is 46.1 Å². The number of amides is 2. The summed E-state index contributed by atoms with van der Waals surface area (Å²) < 4.78 is 6.19. The third kappa shape index (κ3) is 4.80. The number of ether oxygens (including phenoxy) is 1. The first-order chi connectivity index (χ1) is 13.3. The summed E-state index contributed by atoms with van der Waals surface area (Å²) in [6, 6.07) is 5.49. The van der Waals surface area contributed by atoms with Gasteiger partial charge in [0.15, 0.2) is 6.61 Å². The highest BCUT2D eigenvalue weighted by molar-refractivity contribution is 9.10. The number of aryl methyl sites for hydroxylation is 2. The third-order valence-electron chi connectivity index (χ3n) is 4.46. The Hall–Kier alpha value is -2.19. The molecule has 0 atom stereocenters. The highest BCUT2D eigenvalue weighted by Gasteiger charge is 2.27. The molecule has 1 aromatic carbocycles. The summed E-state index contributed by atoms with van der Waals surface area (Å²) in [5.74, 6) is -1.23. The molecule has 2 amide bonds. The van der Waals surface area contributed by atoms with Gasteiger partial charge in [-0.15, -0.1) is 11.3 Å². The van der Waals surface area contributed by atoms with Crippen LogP contribution in [-0.4, -0.2) is 24.4 Å². The van der Waals surface area contributed by atoms with E-state index in [0.29, 0.717) is 16.3 Å². The Morgan fingerprint density at radius 3 is 2.64 bits per heavy atom. The smallest absolute Gasteiger partial charge is 0.341 e. The Bertz CT molecular complexity index is 939. The fourth-order valence-corrected chi connectivity index (χ4v) is 4.99. The predicted octanol–water partition coefficient (Wildman–Crippen LogP) is 4.45.